The lowest BCUT2D eigenvalue weighted by atomic mass is 10.2. The van der Waals surface area contributed by atoms with E-state index >= 15 is 0 Å². The molecule has 1 rings (SSSR count). The monoisotopic (exact) mass is 246 g/mol. The van der Waals surface area contributed by atoms with Crippen molar-refractivity contribution in [3.8, 4) is 0 Å². The number of carbonyl (C=O) groups is 1. The molecular weight excluding hydrogens is 224 g/mol. The molecule has 0 bridgehead atoms. The molecule has 88 valence electrons. The van der Waals surface area contributed by atoms with Gasteiger partial charge in [-0.2, -0.15) is 0 Å². The van der Waals surface area contributed by atoms with Gasteiger partial charge in [0.1, 0.15) is 0 Å². The van der Waals surface area contributed by atoms with E-state index in [0.717, 1.165) is 12.1 Å². The molecule has 1 saturated heterocycles. The van der Waals surface area contributed by atoms with E-state index in [1.807, 2.05) is 6.92 Å². The van der Waals surface area contributed by atoms with Crippen LogP contribution in [0.2, 0.25) is 38.3 Å². The number of rotatable bonds is 2. The number of hydrogen-bond acceptors (Lipinski definition) is 3. The van der Waals surface area contributed by atoms with Crippen LogP contribution in [-0.2, 0) is 13.6 Å². The Kier molecular flexibility index (Phi) is 3.78. The molecule has 0 saturated carbocycles. The minimum Gasteiger partial charge on any atom is -0.466 e. The highest BCUT2D eigenvalue weighted by molar-refractivity contribution is 6.86. The molecule has 0 radical (unpaired) electrons. The fraction of sp³-hybridized carbons (Fsp3) is 0.900. The molecule has 0 amide bonds. The van der Waals surface area contributed by atoms with E-state index in [1.54, 1.807) is 0 Å². The Morgan fingerprint density at radius 3 is 2.13 bits per heavy atom. The summed E-state index contributed by atoms with van der Waals surface area (Å²) in [7, 11) is -3.24. The van der Waals surface area contributed by atoms with E-state index in [-0.39, 0.29) is 11.9 Å². The highest BCUT2D eigenvalue weighted by Crippen LogP contribution is 2.36. The molecule has 1 aliphatic rings. The van der Waals surface area contributed by atoms with Crippen molar-refractivity contribution in [2.45, 2.75) is 45.2 Å². The van der Waals surface area contributed by atoms with Crippen molar-refractivity contribution in [1.82, 2.24) is 0 Å². The van der Waals surface area contributed by atoms with Crippen molar-refractivity contribution in [3.63, 3.8) is 0 Å². The molecule has 0 unspecified atom stereocenters. The first-order chi connectivity index (χ1) is 6.76. The van der Waals surface area contributed by atoms with Crippen molar-refractivity contribution in [1.29, 1.82) is 0 Å². The van der Waals surface area contributed by atoms with E-state index in [4.69, 9.17) is 8.85 Å². The van der Waals surface area contributed by atoms with E-state index in [9.17, 15) is 4.79 Å². The summed E-state index contributed by atoms with van der Waals surface area (Å²) < 4.78 is 11.3. The highest BCUT2D eigenvalue weighted by Gasteiger charge is 2.45. The van der Waals surface area contributed by atoms with Gasteiger partial charge in [-0.15, -0.1) is 0 Å². The first kappa shape index (κ1) is 12.9. The third-order valence-electron chi connectivity index (χ3n) is 2.65. The average molecular weight is 246 g/mol. The summed E-state index contributed by atoms with van der Waals surface area (Å²) in [5, 5.41) is 0. The Morgan fingerprint density at radius 1 is 1.27 bits per heavy atom. The van der Waals surface area contributed by atoms with Gasteiger partial charge in [0.25, 0.3) is 0 Å². The van der Waals surface area contributed by atoms with Crippen molar-refractivity contribution in [2.75, 3.05) is 6.61 Å². The predicted octanol–water partition coefficient (Wildman–Crippen LogP) is 2.61. The van der Waals surface area contributed by atoms with Gasteiger partial charge in [0.15, 0.2) is 16.6 Å². The van der Waals surface area contributed by atoms with Crippen LogP contribution in [0.4, 0.5) is 0 Å². The van der Waals surface area contributed by atoms with Crippen LogP contribution >= 0.6 is 0 Å². The minimum absolute atomic E-state index is 0.0121. The van der Waals surface area contributed by atoms with E-state index in [2.05, 4.69) is 26.2 Å². The Labute approximate surface area is 94.4 Å². The predicted molar refractivity (Wildman–Crippen MR) is 65.8 cm³/mol. The van der Waals surface area contributed by atoms with Crippen molar-refractivity contribution < 1.29 is 13.6 Å². The molecule has 0 atom stereocenters. The largest absolute Gasteiger partial charge is 0.466 e. The number of hydrogen-bond donors (Lipinski definition) is 0. The molecule has 3 nitrogen and oxygen atoms in total. The standard InChI is InChI=1S/C10H22O3Si2/c1-6-12-10(11)9-7-14(2,3)13-15(4,5)8-9/h9H,6-8H2,1-5H3. The van der Waals surface area contributed by atoms with Crippen molar-refractivity contribution >= 4 is 22.6 Å². The lowest BCUT2D eigenvalue weighted by Gasteiger charge is -2.42. The van der Waals surface area contributed by atoms with E-state index < -0.39 is 16.6 Å². The van der Waals surface area contributed by atoms with Gasteiger partial charge < -0.3 is 8.85 Å². The van der Waals surface area contributed by atoms with Gasteiger partial charge in [-0.25, -0.2) is 0 Å². The second kappa shape index (κ2) is 4.39. The van der Waals surface area contributed by atoms with Gasteiger partial charge in [-0.05, 0) is 45.2 Å². The summed E-state index contributed by atoms with van der Waals surface area (Å²) in [5.41, 5.74) is 0. The lowest BCUT2D eigenvalue weighted by Crippen LogP contribution is -2.52. The molecule has 0 aromatic carbocycles. The second-order valence-electron chi connectivity index (χ2n) is 5.48. The van der Waals surface area contributed by atoms with Gasteiger partial charge in [-0.3, -0.25) is 4.79 Å². The van der Waals surface area contributed by atoms with Crippen LogP contribution in [-0.4, -0.2) is 29.2 Å². The Bertz CT molecular complexity index is 235. The van der Waals surface area contributed by atoms with Gasteiger partial charge in [0, 0.05) is 0 Å². The SMILES string of the molecule is CCOC(=O)C1C[Si](C)(C)O[Si](C)(C)C1. The molecule has 0 aromatic heterocycles. The Hall–Kier alpha value is -0.136. The Morgan fingerprint density at radius 2 is 1.73 bits per heavy atom. The number of carbonyl (C=O) groups excluding carboxylic acids is 1. The highest BCUT2D eigenvalue weighted by atomic mass is 28.4. The molecule has 1 aliphatic heterocycles. The van der Waals surface area contributed by atoms with Crippen LogP contribution in [0.25, 0.3) is 0 Å². The third kappa shape index (κ3) is 3.73. The van der Waals surface area contributed by atoms with Crippen LogP contribution in [0.1, 0.15) is 6.92 Å². The van der Waals surface area contributed by atoms with Gasteiger partial charge >= 0.3 is 5.97 Å². The van der Waals surface area contributed by atoms with Crippen molar-refractivity contribution in [3.05, 3.63) is 0 Å². The lowest BCUT2D eigenvalue weighted by molar-refractivity contribution is -0.147. The summed E-state index contributed by atoms with van der Waals surface area (Å²) >= 11 is 0. The maximum absolute atomic E-state index is 11.7. The molecule has 0 N–H and O–H groups in total. The fourth-order valence-corrected chi connectivity index (χ4v) is 12.5. The summed E-state index contributed by atoms with van der Waals surface area (Å²) in [6, 6.07) is 1.84. The quantitative estimate of drug-likeness (QED) is 0.555. The fourth-order valence-electron chi connectivity index (χ4n) is 2.52. The summed E-state index contributed by atoms with van der Waals surface area (Å²) in [4.78, 5) is 11.7. The topological polar surface area (TPSA) is 35.5 Å². The van der Waals surface area contributed by atoms with Crippen LogP contribution in [0, 0.1) is 5.92 Å². The zero-order valence-corrected chi connectivity index (χ0v) is 12.4. The summed E-state index contributed by atoms with van der Waals surface area (Å²) in [6.45, 7) is 11.2. The first-order valence-corrected chi connectivity index (χ1v) is 11.9. The summed E-state index contributed by atoms with van der Waals surface area (Å²) in [5.74, 6) is 0.0870. The smallest absolute Gasteiger partial charge is 0.308 e. The van der Waals surface area contributed by atoms with E-state index in [1.165, 1.54) is 0 Å². The van der Waals surface area contributed by atoms with Crippen molar-refractivity contribution in [2.24, 2.45) is 5.92 Å². The average Bonchev–Trinajstić information content (AvgIpc) is 1.98. The second-order valence-corrected chi connectivity index (χ2v) is 14.2. The zero-order valence-electron chi connectivity index (χ0n) is 10.4. The molecule has 0 aliphatic carbocycles. The number of esters is 1. The molecule has 1 fully saturated rings. The third-order valence-corrected chi connectivity index (χ3v) is 10.0. The van der Waals surface area contributed by atoms with Crippen LogP contribution in [0.15, 0.2) is 0 Å². The maximum atomic E-state index is 11.7. The molecule has 0 spiro atoms. The van der Waals surface area contributed by atoms with Gasteiger partial charge in [0.05, 0.1) is 12.5 Å². The zero-order chi connectivity index (χ0) is 11.7. The van der Waals surface area contributed by atoms with Gasteiger partial charge in [0.2, 0.25) is 0 Å². The Balaban J connectivity index is 2.71. The van der Waals surface area contributed by atoms with Gasteiger partial charge in [-0.1, -0.05) is 0 Å². The molecular formula is C10H22O3Si2. The van der Waals surface area contributed by atoms with E-state index in [0.29, 0.717) is 6.61 Å². The minimum atomic E-state index is -1.62. The van der Waals surface area contributed by atoms with Crippen LogP contribution in [0.3, 0.4) is 0 Å². The molecule has 0 aromatic rings. The van der Waals surface area contributed by atoms with Crippen LogP contribution in [0.5, 0.6) is 0 Å². The summed E-state index contributed by atoms with van der Waals surface area (Å²) in [6.07, 6.45) is 0. The maximum Gasteiger partial charge on any atom is 0.308 e. The molecule has 5 heteroatoms. The number of ether oxygens (including phenoxy) is 1. The van der Waals surface area contributed by atoms with Crippen LogP contribution < -0.4 is 0 Å². The first-order valence-electron chi connectivity index (χ1n) is 5.62. The molecule has 1 heterocycles. The normalized spacial score (nSPS) is 24.9. The molecule has 15 heavy (non-hydrogen) atoms.